The minimum Gasteiger partial charge on any atom is -0.451 e. The van der Waals surface area contributed by atoms with Crippen molar-refractivity contribution in [3.05, 3.63) is 0 Å². The van der Waals surface area contributed by atoms with Crippen LogP contribution in [0.3, 0.4) is 0 Å². The summed E-state index contributed by atoms with van der Waals surface area (Å²) in [6, 6.07) is -0.947. The van der Waals surface area contributed by atoms with Crippen molar-refractivity contribution in [1.82, 2.24) is 0 Å². The number of ether oxygens (including phenoxy) is 1. The van der Waals surface area contributed by atoms with Crippen molar-refractivity contribution in [3.63, 3.8) is 0 Å². The highest BCUT2D eigenvalue weighted by Gasteiger charge is 2.27. The second-order valence-corrected chi connectivity index (χ2v) is 3.87. The zero-order valence-corrected chi connectivity index (χ0v) is 8.78. The number of nitrogens with two attached hydrogens (primary N) is 2. The summed E-state index contributed by atoms with van der Waals surface area (Å²) in [6.07, 6.45) is -0.281. The molecule has 4 N–H and O–H groups in total. The molecule has 0 fully saturated rings. The van der Waals surface area contributed by atoms with Crippen molar-refractivity contribution in [2.75, 3.05) is 0 Å². The van der Waals surface area contributed by atoms with E-state index in [2.05, 4.69) is 4.74 Å². The molecule has 0 saturated heterocycles. The fraction of sp³-hybridized carbons (Fsp3) is 0.667. The van der Waals surface area contributed by atoms with E-state index in [9.17, 15) is 14.4 Å². The Balaban J connectivity index is 4.23. The topological polar surface area (TPSA) is 112 Å². The minimum atomic E-state index is -0.964. The number of carbonyl (C=O) groups is 2. The Labute approximate surface area is 87.9 Å². The summed E-state index contributed by atoms with van der Waals surface area (Å²) in [6.45, 7) is 4.36. The van der Waals surface area contributed by atoms with Crippen molar-refractivity contribution < 1.29 is 19.1 Å². The maximum absolute atomic E-state index is 11.4. The number of rotatable bonds is 7. The van der Waals surface area contributed by atoms with Gasteiger partial charge in [-0.2, -0.15) is 0 Å². The van der Waals surface area contributed by atoms with E-state index >= 15 is 0 Å². The molecule has 0 spiro atoms. The molecular formula is C9H15N2O4. The summed E-state index contributed by atoms with van der Waals surface area (Å²) in [7, 11) is 0. The van der Waals surface area contributed by atoms with Gasteiger partial charge in [0.25, 0.3) is 0 Å². The molecule has 0 rings (SSSR count). The fourth-order valence-electron chi connectivity index (χ4n) is 1.03. The smallest absolute Gasteiger partial charge is 0.418 e. The first-order chi connectivity index (χ1) is 6.78. The minimum absolute atomic E-state index is 0.0727. The first-order valence-corrected chi connectivity index (χ1v) is 4.40. The third-order valence-corrected chi connectivity index (χ3v) is 1.75. The second-order valence-electron chi connectivity index (χ2n) is 3.87. The van der Waals surface area contributed by atoms with Gasteiger partial charge in [0, 0.05) is 12.8 Å². The van der Waals surface area contributed by atoms with Gasteiger partial charge >= 0.3 is 6.47 Å². The molecule has 0 aliphatic carbocycles. The van der Waals surface area contributed by atoms with Crippen LogP contribution >= 0.6 is 0 Å². The van der Waals surface area contributed by atoms with E-state index in [0.717, 1.165) is 0 Å². The average molecular weight is 215 g/mol. The molecule has 1 radical (unpaired) electrons. The Morgan fingerprint density at radius 3 is 2.40 bits per heavy atom. The number of hydrogen-bond acceptors (Lipinski definition) is 5. The lowest BCUT2D eigenvalue weighted by atomic mass is 9.96. The van der Waals surface area contributed by atoms with Crippen LogP contribution in [0.1, 0.15) is 26.7 Å². The van der Waals surface area contributed by atoms with E-state index in [1.54, 1.807) is 13.8 Å². The van der Waals surface area contributed by atoms with Crippen LogP contribution in [0, 0.1) is 0 Å². The summed E-state index contributed by atoms with van der Waals surface area (Å²) in [5.74, 6) is -1.02. The van der Waals surface area contributed by atoms with Crippen molar-refractivity contribution >= 4 is 18.2 Å². The first-order valence-electron chi connectivity index (χ1n) is 4.40. The van der Waals surface area contributed by atoms with Crippen molar-refractivity contribution in [2.24, 2.45) is 11.5 Å². The van der Waals surface area contributed by atoms with Gasteiger partial charge in [-0.25, -0.2) is 4.79 Å². The van der Waals surface area contributed by atoms with Gasteiger partial charge in [-0.05, 0) is 13.8 Å². The predicted molar refractivity (Wildman–Crippen MR) is 52.3 cm³/mol. The molecule has 0 unspecified atom stereocenters. The van der Waals surface area contributed by atoms with Crippen LogP contribution in [0.4, 0.5) is 0 Å². The lowest BCUT2D eigenvalue weighted by Crippen LogP contribution is -2.39. The molecule has 6 nitrogen and oxygen atoms in total. The second kappa shape index (κ2) is 5.45. The van der Waals surface area contributed by atoms with Crippen molar-refractivity contribution in [2.45, 2.75) is 38.3 Å². The quantitative estimate of drug-likeness (QED) is 0.566. The predicted octanol–water partition coefficient (Wildman–Crippen LogP) is -0.989. The van der Waals surface area contributed by atoms with Crippen LogP contribution in [0.5, 0.6) is 0 Å². The van der Waals surface area contributed by atoms with E-state index in [4.69, 9.17) is 11.5 Å². The molecule has 0 bridgehead atoms. The van der Waals surface area contributed by atoms with E-state index in [1.165, 1.54) is 6.47 Å². The molecule has 0 heterocycles. The molecule has 85 valence electrons. The van der Waals surface area contributed by atoms with Crippen LogP contribution in [-0.4, -0.2) is 29.8 Å². The third-order valence-electron chi connectivity index (χ3n) is 1.75. The fourth-order valence-corrected chi connectivity index (χ4v) is 1.03. The molecular weight excluding hydrogens is 200 g/mol. The summed E-state index contributed by atoms with van der Waals surface area (Å²) in [5, 5.41) is 0. The van der Waals surface area contributed by atoms with E-state index < -0.39 is 17.6 Å². The van der Waals surface area contributed by atoms with Crippen LogP contribution in [-0.2, 0) is 19.1 Å². The molecule has 0 aromatic heterocycles. The van der Waals surface area contributed by atoms with Gasteiger partial charge in [0.1, 0.15) is 5.60 Å². The number of amides is 1. The summed E-state index contributed by atoms with van der Waals surface area (Å²) >= 11 is 0. The third kappa shape index (κ3) is 5.79. The largest absolute Gasteiger partial charge is 0.451 e. The summed E-state index contributed by atoms with van der Waals surface area (Å²) in [4.78, 5) is 31.9. The van der Waals surface area contributed by atoms with Crippen LogP contribution in [0.25, 0.3) is 0 Å². The number of Topliss-reactive ketones (excluding diaryl/α,β-unsaturated/α-hetero) is 1. The molecule has 0 aromatic carbocycles. The molecule has 6 heteroatoms. The highest BCUT2D eigenvalue weighted by Crippen LogP contribution is 2.14. The maximum Gasteiger partial charge on any atom is 0.418 e. The standard InChI is InChI=1S/C9H15N2O4/c1-9(2,15-5-12)4-7(13)6(10)3-8(11)14/h6H,3-4,10H2,1-2H3,(H2,11,14)/t6-/m0/s1. The van der Waals surface area contributed by atoms with Gasteiger partial charge in [0.15, 0.2) is 5.78 Å². The average Bonchev–Trinajstić information content (AvgIpc) is 2.01. The highest BCUT2D eigenvalue weighted by atomic mass is 16.5. The van der Waals surface area contributed by atoms with Crippen LogP contribution < -0.4 is 11.5 Å². The van der Waals surface area contributed by atoms with E-state index in [-0.39, 0.29) is 18.6 Å². The van der Waals surface area contributed by atoms with Gasteiger partial charge in [0.2, 0.25) is 5.91 Å². The van der Waals surface area contributed by atoms with Gasteiger partial charge in [-0.3, -0.25) is 9.59 Å². The summed E-state index contributed by atoms with van der Waals surface area (Å²) < 4.78 is 4.56. The Hall–Kier alpha value is -1.43. The number of primary amides is 1. The normalized spacial score (nSPS) is 13.0. The van der Waals surface area contributed by atoms with Gasteiger partial charge in [-0.1, -0.05) is 0 Å². The zero-order valence-electron chi connectivity index (χ0n) is 8.78. The SMILES string of the molecule is CC(C)(CC(=O)[C@@H](N)CC(N)=O)O[C]=O. The monoisotopic (exact) mass is 215 g/mol. The summed E-state index contributed by atoms with van der Waals surface area (Å²) in [5.41, 5.74) is 9.34. The molecule has 0 saturated carbocycles. The Kier molecular flexibility index (Phi) is 4.93. The molecule has 0 aromatic rings. The van der Waals surface area contributed by atoms with Crippen LogP contribution in [0.15, 0.2) is 0 Å². The molecule has 0 aliphatic heterocycles. The van der Waals surface area contributed by atoms with Crippen molar-refractivity contribution in [3.8, 4) is 0 Å². The molecule has 1 atom stereocenters. The molecule has 0 aliphatic rings. The van der Waals surface area contributed by atoms with Gasteiger partial charge in [-0.15, -0.1) is 0 Å². The lowest BCUT2D eigenvalue weighted by molar-refractivity contribution is -0.127. The maximum atomic E-state index is 11.4. The highest BCUT2D eigenvalue weighted by molar-refractivity contribution is 5.89. The number of hydrogen-bond donors (Lipinski definition) is 2. The Morgan fingerprint density at radius 1 is 1.47 bits per heavy atom. The number of ketones is 1. The first kappa shape index (κ1) is 13.6. The van der Waals surface area contributed by atoms with Gasteiger partial charge in [0.05, 0.1) is 6.04 Å². The zero-order chi connectivity index (χ0) is 12.1. The Bertz CT molecular complexity index is 263. The van der Waals surface area contributed by atoms with E-state index in [1.807, 2.05) is 0 Å². The van der Waals surface area contributed by atoms with E-state index in [0.29, 0.717) is 0 Å². The van der Waals surface area contributed by atoms with Crippen LogP contribution in [0.2, 0.25) is 0 Å². The Morgan fingerprint density at radius 2 is 2.00 bits per heavy atom. The van der Waals surface area contributed by atoms with Crippen molar-refractivity contribution in [1.29, 1.82) is 0 Å². The molecule has 15 heavy (non-hydrogen) atoms. The van der Waals surface area contributed by atoms with Gasteiger partial charge < -0.3 is 16.2 Å². The molecule has 1 amide bonds. The lowest BCUT2D eigenvalue weighted by Gasteiger charge is -2.22. The number of carbonyl (C=O) groups excluding carboxylic acids is 3.